The minimum Gasteiger partial charge on any atom is -0.381 e. The molecular weight excluding hydrogens is 414 g/mol. The molecule has 0 spiro atoms. The van der Waals surface area contributed by atoms with Crippen molar-refractivity contribution in [1.29, 1.82) is 0 Å². The van der Waals surface area contributed by atoms with Crippen LogP contribution in [0.25, 0.3) is 11.0 Å². The number of aromatic amines is 1. The summed E-state index contributed by atoms with van der Waals surface area (Å²) in [6.07, 6.45) is 9.30. The molecule has 31 heavy (non-hydrogen) atoms. The number of aromatic nitrogens is 3. The van der Waals surface area contributed by atoms with Crippen molar-refractivity contribution in [1.82, 2.24) is 19.3 Å². The number of H-pyrrole nitrogens is 1. The van der Waals surface area contributed by atoms with Crippen LogP contribution < -0.4 is 4.90 Å². The molecule has 4 rings (SSSR count). The SMILES string of the molecule is COC(C)C1CCN(S(=O)(=O)CC2CCC(N(C)c3ncnc4[nH]ccc34)CC2)CC1. The Kier molecular flexibility index (Phi) is 6.83. The number of piperidine rings is 1. The number of methoxy groups -OCH3 is 1. The van der Waals surface area contributed by atoms with Crippen molar-refractivity contribution in [3.05, 3.63) is 18.6 Å². The highest BCUT2D eigenvalue weighted by molar-refractivity contribution is 7.89. The topological polar surface area (TPSA) is 91.4 Å². The van der Waals surface area contributed by atoms with Crippen molar-refractivity contribution in [2.75, 3.05) is 37.9 Å². The molecule has 8 nitrogen and oxygen atoms in total. The summed E-state index contributed by atoms with van der Waals surface area (Å²) in [6, 6.07) is 2.38. The fraction of sp³-hybridized carbons (Fsp3) is 0.727. The maximum atomic E-state index is 13.0. The Morgan fingerprint density at radius 1 is 1.19 bits per heavy atom. The van der Waals surface area contributed by atoms with Crippen LogP contribution in [0, 0.1) is 11.8 Å². The zero-order valence-electron chi connectivity index (χ0n) is 18.8. The van der Waals surface area contributed by atoms with Gasteiger partial charge in [0.05, 0.1) is 17.2 Å². The number of nitrogens with one attached hydrogen (secondary N) is 1. The lowest BCUT2D eigenvalue weighted by molar-refractivity contribution is 0.0451. The lowest BCUT2D eigenvalue weighted by Gasteiger charge is -2.37. The number of hydrogen-bond acceptors (Lipinski definition) is 6. The average Bonchev–Trinajstić information content (AvgIpc) is 3.27. The van der Waals surface area contributed by atoms with Gasteiger partial charge >= 0.3 is 0 Å². The van der Waals surface area contributed by atoms with E-state index in [4.69, 9.17) is 4.74 Å². The number of sulfonamides is 1. The fourth-order valence-corrected chi connectivity index (χ4v) is 7.14. The molecule has 1 aliphatic carbocycles. The molecule has 1 saturated carbocycles. The third-order valence-electron chi connectivity index (χ3n) is 7.40. The van der Waals surface area contributed by atoms with Crippen LogP contribution in [0.3, 0.4) is 0 Å². The molecule has 172 valence electrons. The van der Waals surface area contributed by atoms with E-state index in [0.717, 1.165) is 55.4 Å². The molecule has 0 radical (unpaired) electrons. The van der Waals surface area contributed by atoms with Crippen molar-refractivity contribution in [3.63, 3.8) is 0 Å². The van der Waals surface area contributed by atoms with Crippen molar-refractivity contribution < 1.29 is 13.2 Å². The van der Waals surface area contributed by atoms with E-state index >= 15 is 0 Å². The Balaban J connectivity index is 1.30. The molecule has 2 aromatic rings. The third kappa shape index (κ3) is 4.88. The van der Waals surface area contributed by atoms with Crippen LogP contribution in [0.5, 0.6) is 0 Å². The number of anilines is 1. The Hall–Kier alpha value is -1.71. The van der Waals surface area contributed by atoms with Gasteiger partial charge in [-0.1, -0.05) is 0 Å². The minimum absolute atomic E-state index is 0.194. The van der Waals surface area contributed by atoms with E-state index in [2.05, 4.69) is 33.8 Å². The summed E-state index contributed by atoms with van der Waals surface area (Å²) in [5.41, 5.74) is 0.847. The van der Waals surface area contributed by atoms with Crippen LogP contribution in [0.4, 0.5) is 5.82 Å². The molecule has 0 amide bonds. The van der Waals surface area contributed by atoms with Gasteiger partial charge in [-0.15, -0.1) is 0 Å². The Morgan fingerprint density at radius 3 is 2.58 bits per heavy atom. The summed E-state index contributed by atoms with van der Waals surface area (Å²) < 4.78 is 33.2. The summed E-state index contributed by atoms with van der Waals surface area (Å²) in [7, 11) is 0.619. The van der Waals surface area contributed by atoms with E-state index in [1.807, 2.05) is 12.3 Å². The molecule has 2 fully saturated rings. The summed E-state index contributed by atoms with van der Waals surface area (Å²) in [5.74, 6) is 1.91. The molecule has 2 aliphatic rings. The van der Waals surface area contributed by atoms with Crippen LogP contribution in [0.2, 0.25) is 0 Å². The minimum atomic E-state index is -3.20. The van der Waals surface area contributed by atoms with E-state index < -0.39 is 10.0 Å². The lowest BCUT2D eigenvalue weighted by atomic mass is 9.86. The molecule has 1 aliphatic heterocycles. The molecular formula is C22H35N5O3S. The standard InChI is InChI=1S/C22H35N5O3S/c1-16(30-3)18-9-12-27(13-10-18)31(28,29)14-17-4-6-19(7-5-17)26(2)22-20-8-11-23-21(20)24-15-25-22/h8,11,15-19H,4-7,9-10,12-14H2,1-3H3,(H,23,24,25). The van der Waals surface area contributed by atoms with Gasteiger partial charge in [0.15, 0.2) is 0 Å². The zero-order valence-corrected chi connectivity index (χ0v) is 19.6. The number of fused-ring (bicyclic) bond motifs is 1. The van der Waals surface area contributed by atoms with Crippen molar-refractivity contribution in [2.24, 2.45) is 11.8 Å². The largest absolute Gasteiger partial charge is 0.381 e. The van der Waals surface area contributed by atoms with Gasteiger partial charge in [0.1, 0.15) is 17.8 Å². The molecule has 3 heterocycles. The Morgan fingerprint density at radius 2 is 1.90 bits per heavy atom. The van der Waals surface area contributed by atoms with Crippen molar-refractivity contribution in [3.8, 4) is 0 Å². The van der Waals surface area contributed by atoms with Gasteiger partial charge < -0.3 is 14.6 Å². The van der Waals surface area contributed by atoms with Crippen LogP contribution in [0.15, 0.2) is 18.6 Å². The smallest absolute Gasteiger partial charge is 0.214 e. The van der Waals surface area contributed by atoms with Gasteiger partial charge in [0.25, 0.3) is 0 Å². The third-order valence-corrected chi connectivity index (χ3v) is 9.45. The second-order valence-electron chi connectivity index (χ2n) is 9.18. The summed E-state index contributed by atoms with van der Waals surface area (Å²) in [6.45, 7) is 3.32. The first-order valence-corrected chi connectivity index (χ1v) is 13.0. The molecule has 1 atom stereocenters. The van der Waals surface area contributed by atoms with E-state index in [0.29, 0.717) is 25.0 Å². The second-order valence-corrected chi connectivity index (χ2v) is 11.2. The highest BCUT2D eigenvalue weighted by Crippen LogP contribution is 2.33. The molecule has 1 N–H and O–H groups in total. The first-order chi connectivity index (χ1) is 14.9. The van der Waals surface area contributed by atoms with E-state index in [1.165, 1.54) is 0 Å². The number of rotatable bonds is 7. The van der Waals surface area contributed by atoms with E-state index in [9.17, 15) is 8.42 Å². The van der Waals surface area contributed by atoms with Gasteiger partial charge in [0, 0.05) is 39.5 Å². The maximum absolute atomic E-state index is 13.0. The summed E-state index contributed by atoms with van der Waals surface area (Å²) >= 11 is 0. The predicted octanol–water partition coefficient (Wildman–Crippen LogP) is 3.03. The number of ether oxygens (including phenoxy) is 1. The highest BCUT2D eigenvalue weighted by Gasteiger charge is 2.34. The first-order valence-electron chi connectivity index (χ1n) is 11.4. The Labute approximate surface area is 185 Å². The average molecular weight is 450 g/mol. The monoisotopic (exact) mass is 449 g/mol. The maximum Gasteiger partial charge on any atom is 0.214 e. The summed E-state index contributed by atoms with van der Waals surface area (Å²) in [5, 5.41) is 1.03. The van der Waals surface area contributed by atoms with Gasteiger partial charge in [-0.05, 0) is 63.4 Å². The number of hydrogen-bond donors (Lipinski definition) is 1. The lowest BCUT2D eigenvalue weighted by Crippen LogP contribution is -2.44. The van der Waals surface area contributed by atoms with E-state index in [1.54, 1.807) is 17.7 Å². The summed E-state index contributed by atoms with van der Waals surface area (Å²) in [4.78, 5) is 14.2. The van der Waals surface area contributed by atoms with Crippen molar-refractivity contribution in [2.45, 2.75) is 57.6 Å². The second kappa shape index (κ2) is 9.42. The molecule has 0 bridgehead atoms. The van der Waals surface area contributed by atoms with Gasteiger partial charge in [-0.2, -0.15) is 0 Å². The van der Waals surface area contributed by atoms with Crippen LogP contribution in [-0.4, -0.2) is 72.8 Å². The predicted molar refractivity (Wildman–Crippen MR) is 123 cm³/mol. The number of nitrogens with zero attached hydrogens (tertiary/aromatic N) is 4. The van der Waals surface area contributed by atoms with Crippen LogP contribution in [-0.2, 0) is 14.8 Å². The van der Waals surface area contributed by atoms with Crippen LogP contribution >= 0.6 is 0 Å². The van der Waals surface area contributed by atoms with Crippen molar-refractivity contribution >= 4 is 26.9 Å². The molecule has 0 aromatic carbocycles. The van der Waals surface area contributed by atoms with Gasteiger partial charge in [0.2, 0.25) is 10.0 Å². The molecule has 1 saturated heterocycles. The fourth-order valence-electron chi connectivity index (χ4n) is 5.23. The molecule has 9 heteroatoms. The van der Waals surface area contributed by atoms with Gasteiger partial charge in [-0.25, -0.2) is 22.7 Å². The quantitative estimate of drug-likeness (QED) is 0.699. The Bertz CT molecular complexity index is 962. The highest BCUT2D eigenvalue weighted by atomic mass is 32.2. The van der Waals surface area contributed by atoms with Crippen LogP contribution in [0.1, 0.15) is 45.4 Å². The normalized spacial score (nSPS) is 25.0. The van der Waals surface area contributed by atoms with E-state index in [-0.39, 0.29) is 17.8 Å². The zero-order chi connectivity index (χ0) is 22.0. The molecule has 2 aromatic heterocycles. The van der Waals surface area contributed by atoms with Gasteiger partial charge in [-0.3, -0.25) is 0 Å². The molecule has 1 unspecified atom stereocenters. The first kappa shape index (κ1) is 22.5.